The molecule has 0 bridgehead atoms. The number of carbonyl (C=O) groups excluding carboxylic acids is 2. The molecule has 5 nitrogen and oxygen atoms in total. The summed E-state index contributed by atoms with van der Waals surface area (Å²) in [4.78, 5) is 27.3. The van der Waals surface area contributed by atoms with E-state index in [-0.39, 0.29) is 24.5 Å². The zero-order valence-corrected chi connectivity index (χ0v) is 17.8. The van der Waals surface area contributed by atoms with Crippen LogP contribution >= 0.6 is 0 Å². The molecule has 160 valence electrons. The Morgan fingerprint density at radius 3 is 2.48 bits per heavy atom. The standard InChI is InChI=1S/C26H28N2O3/c1-2-19-8-4-6-13-24(19)31-18-25(29)28-16-14-21(15-17-28)27-26(30)23-12-7-10-20-9-3-5-11-22(20)23/h3-13,21H,2,14-18H2,1H3,(H,27,30). The third-order valence-corrected chi connectivity index (χ3v) is 5.92. The Morgan fingerprint density at radius 1 is 0.968 bits per heavy atom. The van der Waals surface area contributed by atoms with Gasteiger partial charge in [0.2, 0.25) is 0 Å². The van der Waals surface area contributed by atoms with E-state index in [9.17, 15) is 9.59 Å². The molecule has 0 radical (unpaired) electrons. The lowest BCUT2D eigenvalue weighted by atomic mass is 10.0. The van der Waals surface area contributed by atoms with Crippen molar-refractivity contribution in [1.82, 2.24) is 10.2 Å². The topological polar surface area (TPSA) is 58.6 Å². The van der Waals surface area contributed by atoms with E-state index in [1.54, 1.807) is 0 Å². The second kappa shape index (κ2) is 9.65. The van der Waals surface area contributed by atoms with Crippen LogP contribution in [0, 0.1) is 0 Å². The number of hydrogen-bond donors (Lipinski definition) is 1. The second-order valence-electron chi connectivity index (χ2n) is 7.91. The highest BCUT2D eigenvalue weighted by Gasteiger charge is 2.25. The number of aryl methyl sites for hydroxylation is 1. The van der Waals surface area contributed by atoms with E-state index in [0.717, 1.165) is 41.3 Å². The van der Waals surface area contributed by atoms with Gasteiger partial charge in [0.1, 0.15) is 5.75 Å². The van der Waals surface area contributed by atoms with Crippen LogP contribution in [-0.4, -0.2) is 42.5 Å². The molecule has 1 N–H and O–H groups in total. The van der Waals surface area contributed by atoms with Crippen LogP contribution in [0.2, 0.25) is 0 Å². The van der Waals surface area contributed by atoms with Crippen molar-refractivity contribution in [3.05, 3.63) is 77.9 Å². The third kappa shape index (κ3) is 4.88. The minimum absolute atomic E-state index is 0.00950. The Labute approximate surface area is 183 Å². The van der Waals surface area contributed by atoms with Crippen molar-refractivity contribution in [3.8, 4) is 5.75 Å². The number of carbonyl (C=O) groups is 2. The first-order valence-corrected chi connectivity index (χ1v) is 10.9. The summed E-state index contributed by atoms with van der Waals surface area (Å²) in [5, 5.41) is 5.17. The van der Waals surface area contributed by atoms with Gasteiger partial charge in [0, 0.05) is 24.7 Å². The van der Waals surface area contributed by atoms with Gasteiger partial charge in [0.15, 0.2) is 6.61 Å². The molecular formula is C26H28N2O3. The van der Waals surface area contributed by atoms with Gasteiger partial charge in [0.05, 0.1) is 0 Å². The number of likely N-dealkylation sites (tertiary alicyclic amines) is 1. The van der Waals surface area contributed by atoms with Gasteiger partial charge in [-0.25, -0.2) is 0 Å². The van der Waals surface area contributed by atoms with Crippen molar-refractivity contribution >= 4 is 22.6 Å². The summed E-state index contributed by atoms with van der Waals surface area (Å²) >= 11 is 0. The molecule has 0 spiro atoms. The molecule has 2 amide bonds. The molecule has 1 fully saturated rings. The van der Waals surface area contributed by atoms with Crippen LogP contribution in [0.25, 0.3) is 10.8 Å². The van der Waals surface area contributed by atoms with Crippen LogP contribution < -0.4 is 10.1 Å². The van der Waals surface area contributed by atoms with Gasteiger partial charge < -0.3 is 15.0 Å². The van der Waals surface area contributed by atoms with Gasteiger partial charge in [-0.05, 0) is 47.7 Å². The first-order valence-electron chi connectivity index (χ1n) is 10.9. The number of ether oxygens (including phenoxy) is 1. The average molecular weight is 417 g/mol. The molecule has 0 unspecified atom stereocenters. The third-order valence-electron chi connectivity index (χ3n) is 5.92. The summed E-state index contributed by atoms with van der Waals surface area (Å²) in [6, 6.07) is 21.6. The zero-order valence-electron chi connectivity index (χ0n) is 17.8. The number of para-hydroxylation sites is 1. The summed E-state index contributed by atoms with van der Waals surface area (Å²) < 4.78 is 5.77. The molecule has 4 rings (SSSR count). The monoisotopic (exact) mass is 416 g/mol. The molecule has 0 atom stereocenters. The van der Waals surface area contributed by atoms with E-state index < -0.39 is 0 Å². The lowest BCUT2D eigenvalue weighted by Crippen LogP contribution is -2.47. The Hall–Kier alpha value is -3.34. The molecule has 31 heavy (non-hydrogen) atoms. The van der Waals surface area contributed by atoms with Crippen LogP contribution in [-0.2, 0) is 11.2 Å². The van der Waals surface area contributed by atoms with Crippen molar-refractivity contribution in [3.63, 3.8) is 0 Å². The van der Waals surface area contributed by atoms with E-state index in [2.05, 4.69) is 12.2 Å². The van der Waals surface area contributed by atoms with E-state index in [1.165, 1.54) is 0 Å². The van der Waals surface area contributed by atoms with Crippen LogP contribution in [0.5, 0.6) is 5.75 Å². The van der Waals surface area contributed by atoms with Crippen molar-refractivity contribution in [2.24, 2.45) is 0 Å². The number of nitrogens with zero attached hydrogens (tertiary/aromatic N) is 1. The maximum absolute atomic E-state index is 12.9. The van der Waals surface area contributed by atoms with Crippen molar-refractivity contribution in [2.45, 2.75) is 32.2 Å². The van der Waals surface area contributed by atoms with Crippen molar-refractivity contribution < 1.29 is 14.3 Å². The Balaban J connectivity index is 1.29. The number of hydrogen-bond acceptors (Lipinski definition) is 3. The summed E-state index contributed by atoms with van der Waals surface area (Å²) in [5.74, 6) is 0.710. The van der Waals surface area contributed by atoms with Crippen molar-refractivity contribution in [2.75, 3.05) is 19.7 Å². The Kier molecular flexibility index (Phi) is 6.51. The molecule has 1 aliphatic rings. The lowest BCUT2D eigenvalue weighted by molar-refractivity contribution is -0.134. The number of benzene rings is 3. The fourth-order valence-electron chi connectivity index (χ4n) is 4.13. The van der Waals surface area contributed by atoms with Gasteiger partial charge >= 0.3 is 0 Å². The van der Waals surface area contributed by atoms with Crippen molar-refractivity contribution in [1.29, 1.82) is 0 Å². The molecule has 3 aromatic rings. The predicted molar refractivity (Wildman–Crippen MR) is 122 cm³/mol. The first-order chi connectivity index (χ1) is 15.2. The van der Waals surface area contributed by atoms with Gasteiger partial charge in [-0.2, -0.15) is 0 Å². The SMILES string of the molecule is CCc1ccccc1OCC(=O)N1CCC(NC(=O)c2cccc3ccccc23)CC1. The maximum Gasteiger partial charge on any atom is 0.260 e. The normalized spacial score (nSPS) is 14.4. The van der Waals surface area contributed by atoms with Gasteiger partial charge in [-0.3, -0.25) is 9.59 Å². The molecule has 5 heteroatoms. The van der Waals surface area contributed by atoms with E-state index >= 15 is 0 Å². The molecule has 3 aromatic carbocycles. The summed E-state index contributed by atoms with van der Waals surface area (Å²) in [5.41, 5.74) is 1.80. The molecular weight excluding hydrogens is 388 g/mol. The lowest BCUT2D eigenvalue weighted by Gasteiger charge is -2.32. The molecule has 0 aliphatic carbocycles. The molecule has 0 saturated carbocycles. The summed E-state index contributed by atoms with van der Waals surface area (Å²) in [6.07, 6.45) is 2.35. The molecule has 1 heterocycles. The van der Waals surface area contributed by atoms with Gasteiger partial charge in [-0.1, -0.05) is 61.5 Å². The molecule has 1 saturated heterocycles. The zero-order chi connectivity index (χ0) is 21.6. The molecule has 1 aliphatic heterocycles. The number of rotatable bonds is 6. The van der Waals surface area contributed by atoms with Crippen LogP contribution in [0.1, 0.15) is 35.7 Å². The molecule has 0 aromatic heterocycles. The summed E-state index contributed by atoms with van der Waals surface area (Å²) in [6.45, 7) is 3.36. The van der Waals surface area contributed by atoms with Gasteiger partial charge in [0.25, 0.3) is 11.8 Å². The van der Waals surface area contributed by atoms with Crippen LogP contribution in [0.3, 0.4) is 0 Å². The quantitative estimate of drug-likeness (QED) is 0.655. The minimum Gasteiger partial charge on any atom is -0.483 e. The number of nitrogens with one attached hydrogen (secondary N) is 1. The summed E-state index contributed by atoms with van der Waals surface area (Å²) in [7, 11) is 0. The fourth-order valence-corrected chi connectivity index (χ4v) is 4.13. The number of piperidine rings is 1. The first kappa shape index (κ1) is 20.9. The average Bonchev–Trinajstić information content (AvgIpc) is 2.82. The van der Waals surface area contributed by atoms with Gasteiger partial charge in [-0.15, -0.1) is 0 Å². The van der Waals surface area contributed by atoms with Crippen LogP contribution in [0.15, 0.2) is 66.7 Å². The Morgan fingerprint density at radius 2 is 1.68 bits per heavy atom. The van der Waals surface area contributed by atoms with Crippen LogP contribution in [0.4, 0.5) is 0 Å². The predicted octanol–water partition coefficient (Wildman–Crippen LogP) is 4.20. The minimum atomic E-state index is -0.0546. The smallest absolute Gasteiger partial charge is 0.260 e. The van der Waals surface area contributed by atoms with E-state index in [0.29, 0.717) is 18.7 Å². The van der Waals surface area contributed by atoms with E-state index in [1.807, 2.05) is 71.6 Å². The Bertz CT molecular complexity index is 1070. The highest BCUT2D eigenvalue weighted by atomic mass is 16.5. The fraction of sp³-hybridized carbons (Fsp3) is 0.308. The van der Waals surface area contributed by atoms with E-state index in [4.69, 9.17) is 4.74 Å². The highest BCUT2D eigenvalue weighted by molar-refractivity contribution is 6.07. The largest absolute Gasteiger partial charge is 0.483 e. The number of amides is 2. The highest BCUT2D eigenvalue weighted by Crippen LogP contribution is 2.20. The maximum atomic E-state index is 12.9. The number of fused-ring (bicyclic) bond motifs is 1. The second-order valence-corrected chi connectivity index (χ2v) is 7.91.